The van der Waals surface area contributed by atoms with Gasteiger partial charge in [0, 0.05) is 0 Å². The van der Waals surface area contributed by atoms with E-state index in [1.54, 1.807) is 6.07 Å². The fraction of sp³-hybridized carbons (Fsp3) is 0.333. The number of hydrogen-bond acceptors (Lipinski definition) is 4. The van der Waals surface area contributed by atoms with Gasteiger partial charge in [0.1, 0.15) is 11.5 Å². The molecule has 5 nitrogen and oxygen atoms in total. The summed E-state index contributed by atoms with van der Waals surface area (Å²) >= 11 is 0. The van der Waals surface area contributed by atoms with E-state index in [4.69, 9.17) is 9.29 Å². The van der Waals surface area contributed by atoms with Gasteiger partial charge < -0.3 is 9.84 Å². The number of unbranched alkanes of at least 4 members (excludes halogenated alkanes) is 3. The van der Waals surface area contributed by atoms with Gasteiger partial charge in [-0.1, -0.05) is 44.4 Å². The molecule has 0 spiro atoms. The Hall–Kier alpha value is -1.05. The summed E-state index contributed by atoms with van der Waals surface area (Å²) in [7, 11) is -4.57. The molecule has 0 aliphatic rings. The molecule has 25 heavy (non-hydrogen) atoms. The number of benzene rings is 2. The molecule has 0 heterocycles. The molecule has 2 rings (SSSR count). The summed E-state index contributed by atoms with van der Waals surface area (Å²) in [4.78, 5) is -0.685. The summed E-state index contributed by atoms with van der Waals surface area (Å²) in [5.41, 5.74) is 1.10. The summed E-state index contributed by atoms with van der Waals surface area (Å²) in [6.45, 7) is 2.16. The molecule has 130 valence electrons. The molecule has 0 aromatic heterocycles. The smallest absolute Gasteiger partial charge is 0.869 e. The van der Waals surface area contributed by atoms with Crippen molar-refractivity contribution in [3.8, 4) is 17.2 Å². The number of para-hydroxylation sites is 1. The second-order valence-electron chi connectivity index (χ2n) is 5.62. The van der Waals surface area contributed by atoms with Crippen LogP contribution in [0.2, 0.25) is 0 Å². The van der Waals surface area contributed by atoms with Gasteiger partial charge in [-0.15, -0.1) is 0 Å². The van der Waals surface area contributed by atoms with E-state index >= 15 is 0 Å². The Bertz CT molecular complexity index is 790. The SMILES string of the molecule is CCCCCCc1cccc(Oc2cccc(S(=O)(=O)O)c2[O-])c1.[Na+]. The maximum absolute atomic E-state index is 12.1. The zero-order valence-electron chi connectivity index (χ0n) is 14.6. The third-order valence-corrected chi connectivity index (χ3v) is 4.54. The minimum Gasteiger partial charge on any atom is -0.869 e. The average Bonchev–Trinajstić information content (AvgIpc) is 2.53. The standard InChI is InChI=1S/C18H22O5S.Na/c1-2-3-4-5-8-14-9-6-10-15(13-14)23-16-11-7-12-17(18(16)19)24(20,21)22;/h6-7,9-13,19H,2-5,8H2,1H3,(H,20,21,22);/q;+1/p-1. The van der Waals surface area contributed by atoms with E-state index in [1.807, 2.05) is 18.2 Å². The molecule has 0 unspecified atom stereocenters. The van der Waals surface area contributed by atoms with Crippen LogP contribution < -0.4 is 39.4 Å². The van der Waals surface area contributed by atoms with E-state index in [0.29, 0.717) is 5.75 Å². The first-order chi connectivity index (χ1) is 11.4. The van der Waals surface area contributed by atoms with Crippen molar-refractivity contribution in [2.75, 3.05) is 0 Å². The Morgan fingerprint density at radius 2 is 1.80 bits per heavy atom. The van der Waals surface area contributed by atoms with Crippen molar-refractivity contribution in [3.63, 3.8) is 0 Å². The molecule has 0 radical (unpaired) electrons. The number of hydrogen-bond donors (Lipinski definition) is 1. The molecule has 0 aliphatic heterocycles. The quantitative estimate of drug-likeness (QED) is 0.423. The Morgan fingerprint density at radius 3 is 2.48 bits per heavy atom. The fourth-order valence-corrected chi connectivity index (χ4v) is 3.01. The van der Waals surface area contributed by atoms with Gasteiger partial charge in [0.15, 0.2) is 0 Å². The minimum atomic E-state index is -4.57. The number of rotatable bonds is 8. The van der Waals surface area contributed by atoms with Crippen molar-refractivity contribution in [1.29, 1.82) is 0 Å². The Balaban J connectivity index is 0.00000312. The summed E-state index contributed by atoms with van der Waals surface area (Å²) in [5.74, 6) is -0.519. The van der Waals surface area contributed by atoms with E-state index in [9.17, 15) is 13.5 Å². The molecule has 0 amide bonds. The van der Waals surface area contributed by atoms with E-state index in [2.05, 4.69) is 6.92 Å². The summed E-state index contributed by atoms with van der Waals surface area (Å²) in [6, 6.07) is 11.2. The van der Waals surface area contributed by atoms with Gasteiger partial charge in [-0.3, -0.25) is 4.55 Å². The molecular weight excluding hydrogens is 351 g/mol. The van der Waals surface area contributed by atoms with Gasteiger partial charge in [-0.05, 0) is 48.4 Å². The van der Waals surface area contributed by atoms with Crippen molar-refractivity contribution < 1.29 is 52.4 Å². The van der Waals surface area contributed by atoms with E-state index < -0.39 is 20.8 Å². The maximum atomic E-state index is 12.1. The third kappa shape index (κ3) is 6.64. The van der Waals surface area contributed by atoms with Crippen molar-refractivity contribution in [1.82, 2.24) is 0 Å². The van der Waals surface area contributed by atoms with Crippen LogP contribution in [0.25, 0.3) is 0 Å². The second kappa shape index (κ2) is 10.2. The molecule has 0 aliphatic carbocycles. The zero-order valence-corrected chi connectivity index (χ0v) is 17.4. The summed E-state index contributed by atoms with van der Waals surface area (Å²) < 4.78 is 37.0. The van der Waals surface area contributed by atoms with Crippen LogP contribution in [-0.2, 0) is 16.5 Å². The van der Waals surface area contributed by atoms with E-state index in [1.165, 1.54) is 31.4 Å². The maximum Gasteiger partial charge on any atom is 1.00 e. The van der Waals surface area contributed by atoms with Crippen LogP contribution in [0.5, 0.6) is 17.2 Å². The zero-order chi connectivity index (χ0) is 17.6. The van der Waals surface area contributed by atoms with Crippen molar-refractivity contribution in [2.45, 2.75) is 43.9 Å². The summed E-state index contributed by atoms with van der Waals surface area (Å²) in [6.07, 6.45) is 5.56. The van der Waals surface area contributed by atoms with Gasteiger partial charge in [0.25, 0.3) is 10.1 Å². The molecule has 0 bridgehead atoms. The second-order valence-corrected chi connectivity index (χ2v) is 7.01. The number of aryl methyl sites for hydroxylation is 1. The van der Waals surface area contributed by atoms with Crippen LogP contribution in [-0.4, -0.2) is 13.0 Å². The predicted molar refractivity (Wildman–Crippen MR) is 90.1 cm³/mol. The van der Waals surface area contributed by atoms with Gasteiger partial charge in [0.05, 0.1) is 4.90 Å². The predicted octanol–water partition coefficient (Wildman–Crippen LogP) is 0.926. The van der Waals surface area contributed by atoms with Gasteiger partial charge in [0.2, 0.25) is 0 Å². The van der Waals surface area contributed by atoms with Gasteiger partial charge in [-0.25, -0.2) is 0 Å². The van der Waals surface area contributed by atoms with E-state index in [0.717, 1.165) is 24.5 Å². The largest absolute Gasteiger partial charge is 1.00 e. The fourth-order valence-electron chi connectivity index (χ4n) is 2.43. The topological polar surface area (TPSA) is 86.7 Å². The molecule has 0 saturated heterocycles. The first kappa shape index (κ1) is 22.0. The molecule has 0 atom stereocenters. The monoisotopic (exact) mass is 372 g/mol. The molecular formula is C18H21NaO5S. The van der Waals surface area contributed by atoms with Crippen LogP contribution in [0.4, 0.5) is 0 Å². The Morgan fingerprint density at radius 1 is 1.08 bits per heavy atom. The molecule has 1 N–H and O–H groups in total. The summed E-state index contributed by atoms with van der Waals surface area (Å²) in [5, 5.41) is 12.1. The van der Waals surface area contributed by atoms with Crippen molar-refractivity contribution in [3.05, 3.63) is 48.0 Å². The molecule has 0 fully saturated rings. The van der Waals surface area contributed by atoms with Crippen LogP contribution in [0.1, 0.15) is 38.2 Å². The normalized spacial score (nSPS) is 11.0. The Labute approximate surface area is 171 Å². The van der Waals surface area contributed by atoms with Crippen LogP contribution in [0, 0.1) is 0 Å². The Kier molecular flexibility index (Phi) is 8.96. The van der Waals surface area contributed by atoms with Gasteiger partial charge >= 0.3 is 29.6 Å². The van der Waals surface area contributed by atoms with E-state index in [-0.39, 0.29) is 35.3 Å². The van der Waals surface area contributed by atoms with Gasteiger partial charge in [-0.2, -0.15) is 8.42 Å². The molecule has 7 heteroatoms. The van der Waals surface area contributed by atoms with Crippen LogP contribution in [0.15, 0.2) is 47.4 Å². The van der Waals surface area contributed by atoms with Crippen molar-refractivity contribution >= 4 is 10.1 Å². The third-order valence-electron chi connectivity index (χ3n) is 3.67. The average molecular weight is 372 g/mol. The number of ether oxygens (including phenoxy) is 1. The van der Waals surface area contributed by atoms with Crippen LogP contribution >= 0.6 is 0 Å². The minimum absolute atomic E-state index is 0. The molecule has 2 aromatic rings. The molecule has 2 aromatic carbocycles. The van der Waals surface area contributed by atoms with Crippen LogP contribution in [0.3, 0.4) is 0 Å². The van der Waals surface area contributed by atoms with Crippen molar-refractivity contribution in [2.24, 2.45) is 0 Å². The first-order valence-corrected chi connectivity index (χ1v) is 9.40. The molecule has 0 saturated carbocycles. The first-order valence-electron chi connectivity index (χ1n) is 7.96.